The molecule has 0 saturated heterocycles. The van der Waals surface area contributed by atoms with Gasteiger partial charge >= 0.3 is 5.97 Å². The van der Waals surface area contributed by atoms with E-state index in [1.807, 2.05) is 18.2 Å². The van der Waals surface area contributed by atoms with E-state index in [0.717, 1.165) is 6.42 Å². The largest absolute Gasteiger partial charge is 0.468 e. The Balaban J connectivity index is 2.30. The summed E-state index contributed by atoms with van der Waals surface area (Å²) in [6.07, 6.45) is 0.915. The summed E-state index contributed by atoms with van der Waals surface area (Å²) < 4.78 is 4.55. The van der Waals surface area contributed by atoms with Crippen molar-refractivity contribution in [3.63, 3.8) is 0 Å². The summed E-state index contributed by atoms with van der Waals surface area (Å²) in [7, 11) is 1.39. The van der Waals surface area contributed by atoms with Gasteiger partial charge in [-0.1, -0.05) is 30.3 Å². The molecule has 0 aliphatic heterocycles. The number of ether oxygens (including phenoxy) is 1. The molecule has 0 amide bonds. The molecule has 0 aromatic heterocycles. The second-order valence-electron chi connectivity index (χ2n) is 3.55. The molecule has 0 saturated carbocycles. The number of carbonyl (C=O) groups excluding carboxylic acids is 1. The van der Waals surface area contributed by atoms with Gasteiger partial charge < -0.3 is 10.1 Å². The molecule has 0 aliphatic carbocycles. The van der Waals surface area contributed by atoms with E-state index in [1.54, 1.807) is 0 Å². The molecule has 0 fully saturated rings. The molecule has 0 heterocycles. The van der Waals surface area contributed by atoms with Crippen molar-refractivity contribution in [2.75, 3.05) is 13.7 Å². The van der Waals surface area contributed by atoms with Gasteiger partial charge in [0.25, 0.3) is 0 Å². The predicted octanol–water partition coefficient (Wildman–Crippen LogP) is 1.38. The molecular formula is C12H17NO2. The van der Waals surface area contributed by atoms with Gasteiger partial charge in [-0.15, -0.1) is 0 Å². The van der Waals surface area contributed by atoms with Crippen LogP contribution < -0.4 is 5.32 Å². The average molecular weight is 207 g/mol. The van der Waals surface area contributed by atoms with Crippen LogP contribution >= 0.6 is 0 Å². The average Bonchev–Trinajstić information content (AvgIpc) is 2.27. The third-order valence-electron chi connectivity index (χ3n) is 2.21. The molecule has 0 aliphatic rings. The molecule has 1 atom stereocenters. The molecule has 15 heavy (non-hydrogen) atoms. The zero-order valence-electron chi connectivity index (χ0n) is 9.19. The van der Waals surface area contributed by atoms with Gasteiger partial charge in [-0.2, -0.15) is 0 Å². The number of hydrogen-bond acceptors (Lipinski definition) is 3. The third-order valence-corrected chi connectivity index (χ3v) is 2.21. The minimum atomic E-state index is -0.227. The van der Waals surface area contributed by atoms with Crippen molar-refractivity contribution in [3.05, 3.63) is 35.9 Å². The molecule has 82 valence electrons. The van der Waals surface area contributed by atoms with E-state index in [1.165, 1.54) is 12.7 Å². The molecular weight excluding hydrogens is 190 g/mol. The summed E-state index contributed by atoms with van der Waals surface area (Å²) in [6, 6.07) is 10.5. The van der Waals surface area contributed by atoms with Gasteiger partial charge in [0.1, 0.15) is 0 Å². The van der Waals surface area contributed by atoms with Crippen molar-refractivity contribution in [3.8, 4) is 0 Å². The van der Waals surface area contributed by atoms with E-state index < -0.39 is 0 Å². The third kappa shape index (κ3) is 4.61. The fourth-order valence-corrected chi connectivity index (χ4v) is 1.37. The van der Waals surface area contributed by atoms with Crippen LogP contribution in [0.2, 0.25) is 0 Å². The topological polar surface area (TPSA) is 38.3 Å². The minimum absolute atomic E-state index is 0.227. The number of methoxy groups -OCH3 is 1. The smallest absolute Gasteiger partial charge is 0.319 e. The fourth-order valence-electron chi connectivity index (χ4n) is 1.37. The molecule has 0 spiro atoms. The summed E-state index contributed by atoms with van der Waals surface area (Å²) in [5, 5.41) is 3.11. The van der Waals surface area contributed by atoms with E-state index in [-0.39, 0.29) is 18.6 Å². The van der Waals surface area contributed by atoms with Gasteiger partial charge in [-0.05, 0) is 18.9 Å². The van der Waals surface area contributed by atoms with Crippen molar-refractivity contribution in [2.24, 2.45) is 0 Å². The molecule has 0 radical (unpaired) electrons. The first-order valence-corrected chi connectivity index (χ1v) is 5.06. The highest BCUT2D eigenvalue weighted by molar-refractivity contribution is 5.71. The highest BCUT2D eigenvalue weighted by atomic mass is 16.5. The SMILES string of the molecule is COC(=O)CNC(C)Cc1ccccc1. The van der Waals surface area contributed by atoms with E-state index in [2.05, 4.69) is 29.1 Å². The molecule has 1 unspecified atom stereocenters. The molecule has 1 aromatic carbocycles. The van der Waals surface area contributed by atoms with E-state index >= 15 is 0 Å². The molecule has 3 heteroatoms. The summed E-state index contributed by atoms with van der Waals surface area (Å²) in [5.41, 5.74) is 1.27. The van der Waals surface area contributed by atoms with Crippen LogP contribution in [0.1, 0.15) is 12.5 Å². The normalized spacial score (nSPS) is 12.1. The van der Waals surface area contributed by atoms with Crippen LogP contribution in [-0.2, 0) is 16.0 Å². The van der Waals surface area contributed by atoms with Crippen LogP contribution in [0.3, 0.4) is 0 Å². The maximum absolute atomic E-state index is 10.9. The molecule has 1 aromatic rings. The second-order valence-corrected chi connectivity index (χ2v) is 3.55. The van der Waals surface area contributed by atoms with Crippen molar-refractivity contribution in [2.45, 2.75) is 19.4 Å². The highest BCUT2D eigenvalue weighted by Crippen LogP contribution is 2.02. The highest BCUT2D eigenvalue weighted by Gasteiger charge is 2.05. The molecule has 1 N–H and O–H groups in total. The first kappa shape index (κ1) is 11.7. The van der Waals surface area contributed by atoms with Gasteiger partial charge in [-0.25, -0.2) is 0 Å². The number of rotatable bonds is 5. The van der Waals surface area contributed by atoms with E-state index in [4.69, 9.17) is 0 Å². The monoisotopic (exact) mass is 207 g/mol. The van der Waals surface area contributed by atoms with Crippen LogP contribution in [-0.4, -0.2) is 25.7 Å². The van der Waals surface area contributed by atoms with E-state index in [9.17, 15) is 4.79 Å². The lowest BCUT2D eigenvalue weighted by Crippen LogP contribution is -2.33. The Morgan fingerprint density at radius 2 is 2.07 bits per heavy atom. The van der Waals surface area contributed by atoms with Gasteiger partial charge in [-0.3, -0.25) is 4.79 Å². The Labute approximate surface area is 90.4 Å². The Morgan fingerprint density at radius 1 is 1.40 bits per heavy atom. The Hall–Kier alpha value is -1.35. The molecule has 0 bridgehead atoms. The Bertz CT molecular complexity index is 298. The van der Waals surface area contributed by atoms with Crippen LogP contribution in [0.15, 0.2) is 30.3 Å². The summed E-state index contributed by atoms with van der Waals surface area (Å²) in [6.45, 7) is 2.32. The van der Waals surface area contributed by atoms with Crippen LogP contribution in [0.25, 0.3) is 0 Å². The van der Waals surface area contributed by atoms with Crippen molar-refractivity contribution >= 4 is 5.97 Å². The van der Waals surface area contributed by atoms with Crippen molar-refractivity contribution in [1.82, 2.24) is 5.32 Å². The zero-order chi connectivity index (χ0) is 11.1. The number of nitrogens with one attached hydrogen (secondary N) is 1. The Morgan fingerprint density at radius 3 is 2.67 bits per heavy atom. The summed E-state index contributed by atoms with van der Waals surface area (Å²) in [4.78, 5) is 10.9. The lowest BCUT2D eigenvalue weighted by Gasteiger charge is -2.12. The maximum atomic E-state index is 10.9. The fraction of sp³-hybridized carbons (Fsp3) is 0.417. The van der Waals surface area contributed by atoms with Gasteiger partial charge in [0.15, 0.2) is 0 Å². The van der Waals surface area contributed by atoms with Crippen molar-refractivity contribution < 1.29 is 9.53 Å². The number of esters is 1. The molecule has 1 rings (SSSR count). The molecule has 3 nitrogen and oxygen atoms in total. The first-order chi connectivity index (χ1) is 7.22. The lowest BCUT2D eigenvalue weighted by molar-refractivity contribution is -0.139. The van der Waals surface area contributed by atoms with Crippen LogP contribution in [0, 0.1) is 0 Å². The summed E-state index contributed by atoms with van der Waals surface area (Å²) in [5.74, 6) is -0.227. The lowest BCUT2D eigenvalue weighted by atomic mass is 10.1. The van der Waals surface area contributed by atoms with Crippen molar-refractivity contribution in [1.29, 1.82) is 0 Å². The first-order valence-electron chi connectivity index (χ1n) is 5.06. The summed E-state index contributed by atoms with van der Waals surface area (Å²) >= 11 is 0. The number of hydrogen-bond donors (Lipinski definition) is 1. The maximum Gasteiger partial charge on any atom is 0.319 e. The van der Waals surface area contributed by atoms with Gasteiger partial charge in [0.2, 0.25) is 0 Å². The number of benzene rings is 1. The Kier molecular flexibility index (Phi) is 4.84. The number of carbonyl (C=O) groups is 1. The van der Waals surface area contributed by atoms with Gasteiger partial charge in [0.05, 0.1) is 13.7 Å². The second kappa shape index (κ2) is 6.19. The van der Waals surface area contributed by atoms with E-state index in [0.29, 0.717) is 0 Å². The minimum Gasteiger partial charge on any atom is -0.468 e. The standard InChI is InChI=1S/C12H17NO2/c1-10(13-9-12(14)15-2)8-11-6-4-3-5-7-11/h3-7,10,13H,8-9H2,1-2H3. The van der Waals surface area contributed by atoms with Gasteiger partial charge in [0, 0.05) is 6.04 Å². The zero-order valence-corrected chi connectivity index (χ0v) is 9.19. The quantitative estimate of drug-likeness (QED) is 0.741. The predicted molar refractivity (Wildman–Crippen MR) is 59.6 cm³/mol. The van der Waals surface area contributed by atoms with Crippen LogP contribution in [0.4, 0.5) is 0 Å². The van der Waals surface area contributed by atoms with Crippen LogP contribution in [0.5, 0.6) is 0 Å².